The topological polar surface area (TPSA) is 39.4 Å². The number of fused-ring (bicyclic) bond motifs is 2. The molecule has 0 unspecified atom stereocenters. The van der Waals surface area contributed by atoms with Crippen LogP contribution in [0.1, 0.15) is 66.7 Å². The smallest absolute Gasteiger partial charge is 0.302 e. The Balaban J connectivity index is 1.53. The number of esters is 1. The number of ether oxygens (including phenoxy) is 1. The van der Waals surface area contributed by atoms with Gasteiger partial charge in [0.2, 0.25) is 0 Å². The van der Waals surface area contributed by atoms with Gasteiger partial charge in [-0.3, -0.25) is 4.79 Å². The van der Waals surface area contributed by atoms with Crippen molar-refractivity contribution in [2.24, 2.45) is 5.92 Å². The van der Waals surface area contributed by atoms with Gasteiger partial charge in [0, 0.05) is 13.3 Å². The van der Waals surface area contributed by atoms with E-state index in [9.17, 15) is 4.79 Å². The molecular formula is C21H24O3. The van der Waals surface area contributed by atoms with Gasteiger partial charge in [-0.1, -0.05) is 18.2 Å². The highest BCUT2D eigenvalue weighted by Gasteiger charge is 2.39. The molecule has 3 atom stereocenters. The molecule has 0 radical (unpaired) electrons. The lowest BCUT2D eigenvalue weighted by Gasteiger charge is -2.44. The number of furan rings is 1. The van der Waals surface area contributed by atoms with Crippen LogP contribution in [-0.4, -0.2) is 12.6 Å². The maximum Gasteiger partial charge on any atom is 0.302 e. The van der Waals surface area contributed by atoms with Crippen LogP contribution in [0.25, 0.3) is 0 Å². The van der Waals surface area contributed by atoms with Crippen LogP contribution < -0.4 is 0 Å². The SMILES string of the molecule is CC(=O)OCC[C@@H]1C[C@H]2CC[C@@H]1c1cc(Cc3ccoc3)ccc12. The van der Waals surface area contributed by atoms with Gasteiger partial charge in [-0.25, -0.2) is 0 Å². The molecule has 3 nitrogen and oxygen atoms in total. The third-order valence-electron chi connectivity index (χ3n) is 5.76. The predicted molar refractivity (Wildman–Crippen MR) is 92.0 cm³/mol. The Morgan fingerprint density at radius 1 is 1.21 bits per heavy atom. The molecule has 0 amide bonds. The van der Waals surface area contributed by atoms with Gasteiger partial charge >= 0.3 is 5.97 Å². The molecule has 3 aliphatic carbocycles. The minimum absolute atomic E-state index is 0.168. The van der Waals surface area contributed by atoms with Gasteiger partial charge in [0.05, 0.1) is 19.1 Å². The van der Waals surface area contributed by atoms with Crippen LogP contribution in [0.15, 0.2) is 41.2 Å². The largest absolute Gasteiger partial charge is 0.472 e. The molecule has 0 spiro atoms. The summed E-state index contributed by atoms with van der Waals surface area (Å²) in [6.07, 6.45) is 9.32. The van der Waals surface area contributed by atoms with Crippen molar-refractivity contribution in [1.29, 1.82) is 0 Å². The molecule has 24 heavy (non-hydrogen) atoms. The minimum atomic E-state index is -0.168. The van der Waals surface area contributed by atoms with Crippen molar-refractivity contribution in [3.8, 4) is 0 Å². The fraction of sp³-hybridized carbons (Fsp3) is 0.476. The van der Waals surface area contributed by atoms with E-state index in [1.165, 1.54) is 37.3 Å². The highest BCUT2D eigenvalue weighted by molar-refractivity contribution is 5.65. The summed E-state index contributed by atoms with van der Waals surface area (Å²) >= 11 is 0. The predicted octanol–water partition coefficient (Wildman–Crippen LogP) is 4.80. The molecule has 1 fully saturated rings. The van der Waals surface area contributed by atoms with Crippen LogP contribution in [-0.2, 0) is 16.0 Å². The molecule has 3 heteroatoms. The summed E-state index contributed by atoms with van der Waals surface area (Å²) in [4.78, 5) is 11.0. The molecule has 5 rings (SSSR count). The summed E-state index contributed by atoms with van der Waals surface area (Å²) in [5.41, 5.74) is 5.70. The first-order valence-corrected chi connectivity index (χ1v) is 8.98. The average molecular weight is 324 g/mol. The molecule has 2 bridgehead atoms. The molecule has 1 heterocycles. The van der Waals surface area contributed by atoms with Crippen molar-refractivity contribution in [1.82, 2.24) is 0 Å². The third-order valence-corrected chi connectivity index (χ3v) is 5.76. The summed E-state index contributed by atoms with van der Waals surface area (Å²) in [7, 11) is 0. The van der Waals surface area contributed by atoms with Gasteiger partial charge in [0.25, 0.3) is 0 Å². The molecule has 3 aliphatic rings. The monoisotopic (exact) mass is 324 g/mol. The van der Waals surface area contributed by atoms with E-state index in [1.54, 1.807) is 17.4 Å². The molecular weight excluding hydrogens is 300 g/mol. The molecule has 1 saturated carbocycles. The van der Waals surface area contributed by atoms with Crippen LogP contribution in [0.5, 0.6) is 0 Å². The maximum absolute atomic E-state index is 11.0. The standard InChI is InChI=1S/C21H24O3/c1-14(22)24-9-7-18-12-17-3-5-20(18)21-11-15(2-4-19(17)21)10-16-6-8-23-13-16/h2,4,6,8,11,13,17-18,20H,3,5,7,9-10,12H2,1H3/t17-,18-,20+/m1/s1. The molecule has 126 valence electrons. The first kappa shape index (κ1) is 15.5. The molecule has 1 aromatic carbocycles. The number of carbonyl (C=O) groups excluding carboxylic acids is 1. The fourth-order valence-electron chi connectivity index (χ4n) is 4.69. The van der Waals surface area contributed by atoms with Crippen LogP contribution in [0.2, 0.25) is 0 Å². The Labute approximate surface area is 143 Å². The zero-order valence-electron chi connectivity index (χ0n) is 14.2. The van der Waals surface area contributed by atoms with Gasteiger partial charge in [0.1, 0.15) is 0 Å². The van der Waals surface area contributed by atoms with Crippen molar-refractivity contribution in [2.45, 2.75) is 50.9 Å². The first-order valence-electron chi connectivity index (χ1n) is 8.98. The second kappa shape index (κ2) is 6.46. The van der Waals surface area contributed by atoms with Crippen LogP contribution in [0, 0.1) is 5.92 Å². The number of benzene rings is 1. The summed E-state index contributed by atoms with van der Waals surface area (Å²) in [6, 6.07) is 9.08. The van der Waals surface area contributed by atoms with Crippen LogP contribution in [0.4, 0.5) is 0 Å². The zero-order valence-corrected chi connectivity index (χ0v) is 14.2. The molecule has 2 aromatic rings. The second-order valence-electron chi connectivity index (χ2n) is 7.28. The molecule has 0 aliphatic heterocycles. The average Bonchev–Trinajstić information content (AvgIpc) is 3.08. The van der Waals surface area contributed by atoms with Crippen molar-refractivity contribution in [2.75, 3.05) is 6.61 Å². The first-order chi connectivity index (χ1) is 11.7. The van der Waals surface area contributed by atoms with E-state index in [2.05, 4.69) is 18.2 Å². The molecule has 0 N–H and O–H groups in total. The molecule has 1 aromatic heterocycles. The van der Waals surface area contributed by atoms with Crippen molar-refractivity contribution in [3.63, 3.8) is 0 Å². The lowest BCUT2D eigenvalue weighted by Crippen LogP contribution is -2.30. The summed E-state index contributed by atoms with van der Waals surface area (Å²) < 4.78 is 10.4. The fourth-order valence-corrected chi connectivity index (χ4v) is 4.69. The van der Waals surface area contributed by atoms with Gasteiger partial charge in [-0.15, -0.1) is 0 Å². The number of carbonyl (C=O) groups is 1. The normalized spacial score (nSPS) is 24.6. The quantitative estimate of drug-likeness (QED) is 0.741. The maximum atomic E-state index is 11.0. The Morgan fingerprint density at radius 2 is 2.12 bits per heavy atom. The zero-order chi connectivity index (χ0) is 16.5. The summed E-state index contributed by atoms with van der Waals surface area (Å²) in [5.74, 6) is 1.80. The van der Waals surface area contributed by atoms with Crippen molar-refractivity contribution < 1.29 is 13.9 Å². The highest BCUT2D eigenvalue weighted by atomic mass is 16.5. The lowest BCUT2D eigenvalue weighted by molar-refractivity contribution is -0.141. The summed E-state index contributed by atoms with van der Waals surface area (Å²) in [5, 5.41) is 0. The van der Waals surface area contributed by atoms with E-state index >= 15 is 0 Å². The number of rotatable bonds is 5. The lowest BCUT2D eigenvalue weighted by atomic mass is 9.61. The van der Waals surface area contributed by atoms with E-state index in [0.29, 0.717) is 24.4 Å². The van der Waals surface area contributed by atoms with E-state index < -0.39 is 0 Å². The van der Waals surface area contributed by atoms with Crippen molar-refractivity contribution >= 4 is 5.97 Å². The Bertz CT molecular complexity index is 717. The Hall–Kier alpha value is -2.03. The van der Waals surface area contributed by atoms with Gasteiger partial charge in [-0.05, 0) is 71.8 Å². The third kappa shape index (κ3) is 3.00. The van der Waals surface area contributed by atoms with Gasteiger partial charge in [-0.2, -0.15) is 0 Å². The minimum Gasteiger partial charge on any atom is -0.472 e. The summed E-state index contributed by atoms with van der Waals surface area (Å²) in [6.45, 7) is 2.05. The van der Waals surface area contributed by atoms with Crippen LogP contribution >= 0.6 is 0 Å². The van der Waals surface area contributed by atoms with E-state index in [1.807, 2.05) is 12.3 Å². The number of hydrogen-bond acceptors (Lipinski definition) is 3. The highest BCUT2D eigenvalue weighted by Crippen LogP contribution is 2.53. The van der Waals surface area contributed by atoms with Crippen molar-refractivity contribution in [3.05, 3.63) is 59.0 Å². The second-order valence-corrected chi connectivity index (χ2v) is 7.28. The van der Waals surface area contributed by atoms with E-state index in [-0.39, 0.29) is 5.97 Å². The van der Waals surface area contributed by atoms with E-state index in [0.717, 1.165) is 12.8 Å². The van der Waals surface area contributed by atoms with E-state index in [4.69, 9.17) is 9.15 Å². The Kier molecular flexibility index (Phi) is 4.17. The number of hydrogen-bond donors (Lipinski definition) is 0. The van der Waals surface area contributed by atoms with Gasteiger partial charge in [0.15, 0.2) is 0 Å². The molecule has 0 saturated heterocycles. The van der Waals surface area contributed by atoms with Crippen LogP contribution in [0.3, 0.4) is 0 Å². The van der Waals surface area contributed by atoms with Gasteiger partial charge < -0.3 is 9.15 Å². The Morgan fingerprint density at radius 3 is 2.92 bits per heavy atom.